The molecule has 0 saturated carbocycles. The van der Waals surface area contributed by atoms with Crippen molar-refractivity contribution in [2.24, 2.45) is 7.05 Å². The van der Waals surface area contributed by atoms with E-state index in [0.717, 1.165) is 4.68 Å². The summed E-state index contributed by atoms with van der Waals surface area (Å²) in [4.78, 5) is 19.9. The van der Waals surface area contributed by atoms with Crippen LogP contribution in [-0.2, 0) is 7.05 Å². The molecule has 13 heavy (non-hydrogen) atoms. The Bertz CT molecular complexity index is 385. The normalized spacial score (nSPS) is 10.0. The summed E-state index contributed by atoms with van der Waals surface area (Å²) < 4.78 is 0.934. The SMILES string of the molecule is Cn1nc(C(=O)O)c([N+](=O)[O-])c1Cl. The maximum Gasteiger partial charge on any atom is 0.363 e. The first kappa shape index (κ1) is 9.46. The molecule has 0 saturated heterocycles. The predicted molar refractivity (Wildman–Crippen MR) is 41.8 cm³/mol. The van der Waals surface area contributed by atoms with Gasteiger partial charge in [-0.3, -0.25) is 10.1 Å². The lowest BCUT2D eigenvalue weighted by Gasteiger charge is -1.87. The second kappa shape index (κ2) is 3.02. The fourth-order valence-corrected chi connectivity index (χ4v) is 0.994. The molecule has 1 rings (SSSR count). The van der Waals surface area contributed by atoms with Crippen LogP contribution < -0.4 is 0 Å². The van der Waals surface area contributed by atoms with Crippen LogP contribution >= 0.6 is 11.6 Å². The topological polar surface area (TPSA) is 98.3 Å². The third-order valence-electron chi connectivity index (χ3n) is 1.34. The van der Waals surface area contributed by atoms with Gasteiger partial charge in [0.25, 0.3) is 0 Å². The number of nitro groups is 1. The molecular formula is C5H4ClN3O4. The zero-order valence-electron chi connectivity index (χ0n) is 6.39. The summed E-state index contributed by atoms with van der Waals surface area (Å²) in [5, 5.41) is 21.9. The third kappa shape index (κ3) is 1.45. The van der Waals surface area contributed by atoms with Crippen molar-refractivity contribution in [1.29, 1.82) is 0 Å². The fraction of sp³-hybridized carbons (Fsp3) is 0.200. The summed E-state index contributed by atoms with van der Waals surface area (Å²) in [5.74, 6) is -1.48. The number of aromatic carboxylic acids is 1. The first-order valence-corrected chi connectivity index (χ1v) is 3.43. The lowest BCUT2D eigenvalue weighted by Crippen LogP contribution is -2.02. The van der Waals surface area contributed by atoms with Crippen molar-refractivity contribution in [3.05, 3.63) is 21.0 Å². The van der Waals surface area contributed by atoms with Gasteiger partial charge in [-0.25, -0.2) is 9.48 Å². The fourth-order valence-electron chi connectivity index (χ4n) is 0.798. The minimum absolute atomic E-state index is 0.303. The smallest absolute Gasteiger partial charge is 0.363 e. The van der Waals surface area contributed by atoms with Crippen molar-refractivity contribution in [1.82, 2.24) is 9.78 Å². The van der Waals surface area contributed by atoms with Crippen LogP contribution in [0.4, 0.5) is 5.69 Å². The summed E-state index contributed by atoms with van der Waals surface area (Å²) in [6, 6.07) is 0. The highest BCUT2D eigenvalue weighted by Gasteiger charge is 2.29. The summed E-state index contributed by atoms with van der Waals surface area (Å²) >= 11 is 5.45. The summed E-state index contributed by atoms with van der Waals surface area (Å²) in [6.07, 6.45) is 0. The van der Waals surface area contributed by atoms with E-state index in [-0.39, 0.29) is 5.15 Å². The Morgan fingerprint density at radius 2 is 2.31 bits per heavy atom. The van der Waals surface area contributed by atoms with Gasteiger partial charge >= 0.3 is 11.7 Å². The van der Waals surface area contributed by atoms with Crippen molar-refractivity contribution in [3.63, 3.8) is 0 Å². The molecule has 0 aromatic carbocycles. The molecule has 0 aliphatic carbocycles. The number of carboxylic acids is 1. The monoisotopic (exact) mass is 205 g/mol. The highest BCUT2D eigenvalue weighted by molar-refractivity contribution is 6.32. The highest BCUT2D eigenvalue weighted by atomic mass is 35.5. The van der Waals surface area contributed by atoms with Crippen molar-refractivity contribution >= 4 is 23.3 Å². The van der Waals surface area contributed by atoms with Crippen LogP contribution in [-0.4, -0.2) is 25.8 Å². The van der Waals surface area contributed by atoms with Crippen LogP contribution in [0.5, 0.6) is 0 Å². The Morgan fingerprint density at radius 3 is 2.62 bits per heavy atom. The van der Waals surface area contributed by atoms with E-state index >= 15 is 0 Å². The van der Waals surface area contributed by atoms with Crippen molar-refractivity contribution in [2.45, 2.75) is 0 Å². The Hall–Kier alpha value is -1.63. The number of halogens is 1. The molecule has 0 amide bonds. The van der Waals surface area contributed by atoms with E-state index in [1.807, 2.05) is 0 Å². The number of hydrogen-bond acceptors (Lipinski definition) is 4. The van der Waals surface area contributed by atoms with Gasteiger partial charge in [-0.15, -0.1) is 0 Å². The minimum atomic E-state index is -1.48. The molecule has 0 unspecified atom stereocenters. The van der Waals surface area contributed by atoms with Gasteiger partial charge in [0.05, 0.1) is 4.92 Å². The van der Waals surface area contributed by atoms with Gasteiger partial charge in [0.15, 0.2) is 0 Å². The molecule has 0 aliphatic rings. The van der Waals surface area contributed by atoms with Crippen molar-refractivity contribution in [2.75, 3.05) is 0 Å². The molecular weight excluding hydrogens is 202 g/mol. The van der Waals surface area contributed by atoms with E-state index in [2.05, 4.69) is 5.10 Å². The van der Waals surface area contributed by atoms with Crippen LogP contribution in [0.3, 0.4) is 0 Å². The zero-order chi connectivity index (χ0) is 10.2. The summed E-state index contributed by atoms with van der Waals surface area (Å²) in [7, 11) is 1.32. The molecule has 1 N–H and O–H groups in total. The molecule has 8 heteroatoms. The molecule has 0 atom stereocenters. The Kier molecular flexibility index (Phi) is 2.20. The van der Waals surface area contributed by atoms with Crippen LogP contribution in [0.25, 0.3) is 0 Å². The van der Waals surface area contributed by atoms with E-state index in [4.69, 9.17) is 16.7 Å². The molecule has 0 radical (unpaired) electrons. The van der Waals surface area contributed by atoms with Gasteiger partial charge in [0.2, 0.25) is 10.8 Å². The summed E-state index contributed by atoms with van der Waals surface area (Å²) in [5.41, 5.74) is -1.34. The number of rotatable bonds is 2. The highest BCUT2D eigenvalue weighted by Crippen LogP contribution is 2.27. The number of aryl methyl sites for hydroxylation is 1. The number of nitrogens with zero attached hydrogens (tertiary/aromatic N) is 3. The third-order valence-corrected chi connectivity index (χ3v) is 1.76. The van der Waals surface area contributed by atoms with Gasteiger partial charge in [-0.2, -0.15) is 5.10 Å². The second-order valence-corrected chi connectivity index (χ2v) is 2.53. The lowest BCUT2D eigenvalue weighted by atomic mass is 10.4. The van der Waals surface area contributed by atoms with E-state index in [1.165, 1.54) is 7.05 Å². The standard InChI is InChI=1S/C5H4ClN3O4/c1-8-4(6)3(9(12)13)2(7-8)5(10)11/h1H3,(H,10,11). The molecule has 0 spiro atoms. The van der Waals surface area contributed by atoms with Gasteiger partial charge in [-0.1, -0.05) is 11.6 Å². The van der Waals surface area contributed by atoms with E-state index in [0.29, 0.717) is 0 Å². The van der Waals surface area contributed by atoms with Gasteiger partial charge < -0.3 is 5.11 Å². The van der Waals surface area contributed by atoms with E-state index in [1.54, 1.807) is 0 Å². The lowest BCUT2D eigenvalue weighted by molar-refractivity contribution is -0.385. The minimum Gasteiger partial charge on any atom is -0.476 e. The van der Waals surface area contributed by atoms with Crippen molar-refractivity contribution < 1.29 is 14.8 Å². The molecule has 1 aromatic heterocycles. The molecule has 0 aliphatic heterocycles. The van der Waals surface area contributed by atoms with E-state index < -0.39 is 22.3 Å². The molecule has 7 nitrogen and oxygen atoms in total. The second-order valence-electron chi connectivity index (χ2n) is 2.17. The Labute approximate surface area is 76.7 Å². The van der Waals surface area contributed by atoms with Gasteiger partial charge in [-0.05, 0) is 0 Å². The molecule has 1 aromatic rings. The van der Waals surface area contributed by atoms with E-state index in [9.17, 15) is 14.9 Å². The number of carbonyl (C=O) groups is 1. The molecule has 1 heterocycles. The zero-order valence-corrected chi connectivity index (χ0v) is 7.15. The number of aromatic nitrogens is 2. The molecule has 70 valence electrons. The first-order chi connectivity index (χ1) is 5.95. The van der Waals surface area contributed by atoms with Crippen LogP contribution in [0.1, 0.15) is 10.5 Å². The average molecular weight is 206 g/mol. The van der Waals surface area contributed by atoms with Crippen molar-refractivity contribution in [3.8, 4) is 0 Å². The molecule has 0 fully saturated rings. The Balaban J connectivity index is 3.44. The van der Waals surface area contributed by atoms with Crippen LogP contribution in [0.15, 0.2) is 0 Å². The van der Waals surface area contributed by atoms with Crippen LogP contribution in [0.2, 0.25) is 5.15 Å². The Morgan fingerprint density at radius 1 is 1.77 bits per heavy atom. The van der Waals surface area contributed by atoms with Crippen LogP contribution in [0, 0.1) is 10.1 Å². The summed E-state index contributed by atoms with van der Waals surface area (Å²) in [6.45, 7) is 0. The number of hydrogen-bond donors (Lipinski definition) is 1. The predicted octanol–water partition coefficient (Wildman–Crippen LogP) is 0.680. The van der Waals surface area contributed by atoms with Gasteiger partial charge in [0, 0.05) is 7.05 Å². The average Bonchev–Trinajstić information content (AvgIpc) is 2.28. The largest absolute Gasteiger partial charge is 0.476 e. The first-order valence-electron chi connectivity index (χ1n) is 3.05. The number of carboxylic acid groups (broad SMARTS) is 1. The maximum absolute atomic E-state index is 10.5. The quantitative estimate of drug-likeness (QED) is 0.565. The molecule has 0 bridgehead atoms. The van der Waals surface area contributed by atoms with Gasteiger partial charge in [0.1, 0.15) is 0 Å². The maximum atomic E-state index is 10.5.